The molecule has 1 aliphatic heterocycles. The minimum absolute atomic E-state index is 0.139. The first-order chi connectivity index (χ1) is 11.6. The third-order valence-electron chi connectivity index (χ3n) is 3.41. The summed E-state index contributed by atoms with van der Waals surface area (Å²) in [6, 6.07) is 8.55. The van der Waals surface area contributed by atoms with Crippen LogP contribution in [-0.2, 0) is 9.59 Å². The Morgan fingerprint density at radius 1 is 1.21 bits per heavy atom. The van der Waals surface area contributed by atoms with Gasteiger partial charge < -0.3 is 25.2 Å². The van der Waals surface area contributed by atoms with E-state index in [2.05, 4.69) is 10.6 Å². The predicted octanol–water partition coefficient (Wildman–Crippen LogP) is 1.66. The van der Waals surface area contributed by atoms with Crippen LogP contribution in [0.3, 0.4) is 0 Å². The van der Waals surface area contributed by atoms with Gasteiger partial charge in [-0.25, -0.2) is 0 Å². The number of carbonyl (C=O) groups excluding carboxylic acids is 2. The lowest BCUT2D eigenvalue weighted by atomic mass is 10.2. The minimum atomic E-state index is -0.778. The Kier molecular flexibility index (Phi) is 4.97. The van der Waals surface area contributed by atoms with E-state index in [-0.39, 0.29) is 13.3 Å². The van der Waals surface area contributed by atoms with Crippen molar-refractivity contribution in [2.75, 3.05) is 18.7 Å². The van der Waals surface area contributed by atoms with Crippen molar-refractivity contribution in [3.8, 4) is 11.5 Å². The van der Waals surface area contributed by atoms with E-state index in [1.807, 2.05) is 17.5 Å². The number of ether oxygens (including phenoxy) is 2. The van der Waals surface area contributed by atoms with E-state index < -0.39 is 17.9 Å². The highest BCUT2D eigenvalue weighted by Crippen LogP contribution is 2.34. The van der Waals surface area contributed by atoms with Gasteiger partial charge in [0.05, 0.1) is 6.10 Å². The summed E-state index contributed by atoms with van der Waals surface area (Å²) in [6.45, 7) is 0.340. The fourth-order valence-electron chi connectivity index (χ4n) is 2.19. The number of nitrogens with one attached hydrogen (secondary N) is 2. The average Bonchev–Trinajstić information content (AvgIpc) is 3.25. The highest BCUT2D eigenvalue weighted by molar-refractivity contribution is 7.10. The normalized spacial score (nSPS) is 13.4. The van der Waals surface area contributed by atoms with Gasteiger partial charge in [0.1, 0.15) is 0 Å². The smallest absolute Gasteiger partial charge is 0.313 e. The number of carbonyl (C=O) groups is 2. The summed E-state index contributed by atoms with van der Waals surface area (Å²) in [6.07, 6.45) is -0.314. The van der Waals surface area contributed by atoms with Gasteiger partial charge in [0, 0.05) is 23.2 Å². The van der Waals surface area contributed by atoms with Crippen LogP contribution in [0.15, 0.2) is 35.7 Å². The highest BCUT2D eigenvalue weighted by atomic mass is 32.1. The summed E-state index contributed by atoms with van der Waals surface area (Å²) in [5.74, 6) is -0.419. The number of anilines is 1. The molecule has 3 N–H and O–H groups in total. The molecule has 0 aliphatic carbocycles. The number of amides is 2. The molecule has 0 radical (unpaired) electrons. The van der Waals surface area contributed by atoms with E-state index in [9.17, 15) is 14.7 Å². The number of aliphatic hydroxyl groups excluding tert-OH is 1. The molecule has 2 aromatic rings. The number of fused-ring (bicyclic) bond motifs is 1. The van der Waals surface area contributed by atoms with Crippen molar-refractivity contribution in [1.82, 2.24) is 5.32 Å². The first-order valence-electron chi connectivity index (χ1n) is 7.34. The van der Waals surface area contributed by atoms with Crippen LogP contribution in [0.25, 0.3) is 0 Å². The van der Waals surface area contributed by atoms with Gasteiger partial charge in [0.25, 0.3) is 0 Å². The molecule has 0 spiro atoms. The summed E-state index contributed by atoms with van der Waals surface area (Å²) in [5, 5.41) is 16.8. The molecule has 1 aliphatic rings. The van der Waals surface area contributed by atoms with Gasteiger partial charge in [-0.2, -0.15) is 0 Å². The largest absolute Gasteiger partial charge is 0.454 e. The maximum absolute atomic E-state index is 11.9. The van der Waals surface area contributed by atoms with Gasteiger partial charge >= 0.3 is 11.8 Å². The van der Waals surface area contributed by atoms with Crippen LogP contribution in [0.4, 0.5) is 5.69 Å². The highest BCUT2D eigenvalue weighted by Gasteiger charge is 2.17. The van der Waals surface area contributed by atoms with Crippen molar-refractivity contribution in [2.45, 2.75) is 12.5 Å². The Morgan fingerprint density at radius 2 is 2.04 bits per heavy atom. The van der Waals surface area contributed by atoms with E-state index in [4.69, 9.17) is 9.47 Å². The molecule has 0 unspecified atom stereocenters. The zero-order chi connectivity index (χ0) is 16.9. The van der Waals surface area contributed by atoms with E-state index in [0.29, 0.717) is 23.6 Å². The Morgan fingerprint density at radius 3 is 2.83 bits per heavy atom. The topological polar surface area (TPSA) is 96.9 Å². The van der Waals surface area contributed by atoms with Crippen molar-refractivity contribution < 1.29 is 24.2 Å². The number of thiophene rings is 1. The molecule has 2 heterocycles. The fraction of sp³-hybridized carbons (Fsp3) is 0.250. The maximum Gasteiger partial charge on any atom is 0.313 e. The lowest BCUT2D eigenvalue weighted by molar-refractivity contribution is -0.136. The van der Waals surface area contributed by atoms with Crippen LogP contribution >= 0.6 is 11.3 Å². The lowest BCUT2D eigenvalue weighted by Gasteiger charge is -2.10. The Bertz CT molecular complexity index is 732. The van der Waals surface area contributed by atoms with Crippen molar-refractivity contribution >= 4 is 28.8 Å². The van der Waals surface area contributed by atoms with Crippen LogP contribution < -0.4 is 20.1 Å². The van der Waals surface area contributed by atoms with Gasteiger partial charge in [0.15, 0.2) is 11.5 Å². The predicted molar refractivity (Wildman–Crippen MR) is 88.1 cm³/mol. The number of hydrogen-bond donors (Lipinski definition) is 3. The second kappa shape index (κ2) is 7.33. The molecule has 8 heteroatoms. The molecule has 0 bridgehead atoms. The van der Waals surface area contributed by atoms with Gasteiger partial charge in [-0.3, -0.25) is 9.59 Å². The van der Waals surface area contributed by atoms with E-state index >= 15 is 0 Å². The number of benzene rings is 1. The molecule has 126 valence electrons. The summed E-state index contributed by atoms with van der Waals surface area (Å²) in [5.41, 5.74) is 0.443. The molecule has 1 aromatic carbocycles. The number of hydrogen-bond acceptors (Lipinski definition) is 6. The van der Waals surface area contributed by atoms with Crippen molar-refractivity contribution in [3.05, 3.63) is 40.6 Å². The first-order valence-corrected chi connectivity index (χ1v) is 8.22. The summed E-state index contributed by atoms with van der Waals surface area (Å²) >= 11 is 1.44. The molecule has 1 atom stereocenters. The third kappa shape index (κ3) is 3.84. The quantitative estimate of drug-likeness (QED) is 0.714. The summed E-state index contributed by atoms with van der Waals surface area (Å²) in [4.78, 5) is 24.5. The van der Waals surface area contributed by atoms with Gasteiger partial charge in [-0.1, -0.05) is 6.07 Å². The fourth-order valence-corrected chi connectivity index (χ4v) is 2.93. The van der Waals surface area contributed by atoms with Gasteiger partial charge in [-0.05, 0) is 30.0 Å². The molecule has 0 fully saturated rings. The molecular formula is C16H16N2O5S. The van der Waals surface area contributed by atoms with E-state index in [1.54, 1.807) is 18.2 Å². The minimum Gasteiger partial charge on any atom is -0.454 e. The van der Waals surface area contributed by atoms with Gasteiger partial charge in [-0.15, -0.1) is 11.3 Å². The van der Waals surface area contributed by atoms with Crippen molar-refractivity contribution in [1.29, 1.82) is 0 Å². The molecule has 3 rings (SSSR count). The first kappa shape index (κ1) is 16.3. The van der Waals surface area contributed by atoms with E-state index in [0.717, 1.165) is 4.88 Å². The number of rotatable bonds is 5. The molecule has 24 heavy (non-hydrogen) atoms. The zero-order valence-corrected chi connectivity index (χ0v) is 13.5. The van der Waals surface area contributed by atoms with Crippen LogP contribution in [0, 0.1) is 0 Å². The SMILES string of the molecule is O=C(NCC[C@@H](O)c1cccs1)C(=O)Nc1ccc2c(c1)OCO2. The summed E-state index contributed by atoms with van der Waals surface area (Å²) < 4.78 is 10.4. The van der Waals surface area contributed by atoms with Crippen LogP contribution in [0.5, 0.6) is 11.5 Å². The molecule has 0 saturated heterocycles. The second-order valence-electron chi connectivity index (χ2n) is 5.10. The van der Waals surface area contributed by atoms with Crippen LogP contribution in [0.2, 0.25) is 0 Å². The molecule has 0 saturated carbocycles. The van der Waals surface area contributed by atoms with Crippen molar-refractivity contribution in [3.63, 3.8) is 0 Å². The third-order valence-corrected chi connectivity index (χ3v) is 4.39. The molecule has 1 aromatic heterocycles. The molecule has 2 amide bonds. The molecular weight excluding hydrogens is 332 g/mol. The van der Waals surface area contributed by atoms with Crippen LogP contribution in [0.1, 0.15) is 17.4 Å². The standard InChI is InChI=1S/C16H16N2O5S/c19-11(14-2-1-7-24-14)5-6-17-15(20)16(21)18-10-3-4-12-13(8-10)23-9-22-12/h1-4,7-8,11,19H,5-6,9H2,(H,17,20)(H,18,21)/t11-/m1/s1. The monoisotopic (exact) mass is 348 g/mol. The Balaban J connectivity index is 1.45. The van der Waals surface area contributed by atoms with Crippen molar-refractivity contribution in [2.24, 2.45) is 0 Å². The van der Waals surface area contributed by atoms with E-state index in [1.165, 1.54) is 11.3 Å². The summed E-state index contributed by atoms with van der Waals surface area (Å²) in [7, 11) is 0. The van der Waals surface area contributed by atoms with Gasteiger partial charge in [0.2, 0.25) is 6.79 Å². The zero-order valence-electron chi connectivity index (χ0n) is 12.7. The van der Waals surface area contributed by atoms with Crippen LogP contribution in [-0.4, -0.2) is 30.3 Å². The molecule has 7 nitrogen and oxygen atoms in total. The Labute approximate surface area is 142 Å². The number of aliphatic hydroxyl groups is 1. The average molecular weight is 348 g/mol. The lowest BCUT2D eigenvalue weighted by Crippen LogP contribution is -2.36. The second-order valence-corrected chi connectivity index (χ2v) is 6.08. The maximum atomic E-state index is 11.9. The Hall–Kier alpha value is -2.58.